The standard InChI is InChI=1S/C42H51N7O5S/c1-4-5-6-7-8-9-10-11-12-19-26-54-34-24-25-37(46-55(52,53)35-22-17-14-18-23-35)36(28-34)39-40(44-41(43-39)49-32(3)27-31(2)45-49)48-38(50)30-47(42(48)51)29-33-20-15-13-16-21-33/h13-18,20-25,27-28,46H,4-12,19,26,29-30H2,1-3H3,(H,43,44). The van der Waals surface area contributed by atoms with Crippen LogP contribution in [0.15, 0.2) is 89.8 Å². The molecule has 0 atom stereocenters. The minimum Gasteiger partial charge on any atom is -0.494 e. The molecule has 2 N–H and O–H groups in total. The van der Waals surface area contributed by atoms with Crippen LogP contribution in [-0.2, 0) is 21.4 Å². The first-order valence-electron chi connectivity index (χ1n) is 19.3. The lowest BCUT2D eigenvalue weighted by Crippen LogP contribution is -2.33. The van der Waals surface area contributed by atoms with Crippen LogP contribution < -0.4 is 14.4 Å². The van der Waals surface area contributed by atoms with Gasteiger partial charge in [0.1, 0.15) is 12.3 Å². The SMILES string of the molecule is CCCCCCCCCCCCOc1ccc(NS(=O)(=O)c2ccccc2)c(-c2[nH]c(-n3nc(C)cc3C)nc2N2C(=O)CN(Cc3ccccc3)C2=O)c1. The van der Waals surface area contributed by atoms with Gasteiger partial charge in [0.15, 0.2) is 5.82 Å². The average molecular weight is 766 g/mol. The van der Waals surface area contributed by atoms with Gasteiger partial charge in [-0.1, -0.05) is 113 Å². The van der Waals surface area contributed by atoms with E-state index in [1.54, 1.807) is 41.1 Å². The van der Waals surface area contributed by atoms with E-state index in [-0.39, 0.29) is 41.1 Å². The smallest absolute Gasteiger partial charge is 0.333 e. The molecule has 0 bridgehead atoms. The van der Waals surface area contributed by atoms with E-state index in [1.807, 2.05) is 50.2 Å². The lowest BCUT2D eigenvalue weighted by Gasteiger charge is -2.18. The Bertz CT molecular complexity index is 2170. The Morgan fingerprint density at radius 2 is 1.47 bits per heavy atom. The van der Waals surface area contributed by atoms with E-state index in [9.17, 15) is 18.0 Å². The zero-order valence-corrected chi connectivity index (χ0v) is 32.8. The van der Waals surface area contributed by atoms with Gasteiger partial charge in [-0.25, -0.2) is 22.8 Å². The molecule has 0 aliphatic carbocycles. The van der Waals surface area contributed by atoms with Crippen LogP contribution in [0.3, 0.4) is 0 Å². The molecular formula is C42H51N7O5S. The summed E-state index contributed by atoms with van der Waals surface area (Å²) < 4.78 is 37.9. The van der Waals surface area contributed by atoms with Gasteiger partial charge in [-0.05, 0) is 62.2 Å². The van der Waals surface area contributed by atoms with Gasteiger partial charge in [-0.3, -0.25) is 9.52 Å². The molecule has 5 aromatic rings. The highest BCUT2D eigenvalue weighted by molar-refractivity contribution is 7.92. The van der Waals surface area contributed by atoms with E-state index in [0.29, 0.717) is 17.9 Å². The highest BCUT2D eigenvalue weighted by Gasteiger charge is 2.41. The maximum atomic E-state index is 14.0. The van der Waals surface area contributed by atoms with Gasteiger partial charge in [0.25, 0.3) is 15.9 Å². The summed E-state index contributed by atoms with van der Waals surface area (Å²) in [4.78, 5) is 38.4. The van der Waals surface area contributed by atoms with Crippen LogP contribution in [0.2, 0.25) is 0 Å². The molecule has 1 aliphatic heterocycles. The third-order valence-electron chi connectivity index (χ3n) is 9.67. The molecule has 3 aromatic carbocycles. The van der Waals surface area contributed by atoms with Crippen LogP contribution in [-0.4, -0.2) is 58.2 Å². The first-order chi connectivity index (χ1) is 26.6. The maximum absolute atomic E-state index is 14.0. The fraction of sp³-hybridized carbons (Fsp3) is 0.381. The second-order valence-electron chi connectivity index (χ2n) is 14.1. The Balaban J connectivity index is 1.32. The van der Waals surface area contributed by atoms with Crippen molar-refractivity contribution in [3.8, 4) is 23.0 Å². The number of aryl methyl sites for hydroxylation is 2. The van der Waals surface area contributed by atoms with Crippen LogP contribution in [0.5, 0.6) is 5.75 Å². The van der Waals surface area contributed by atoms with Crippen LogP contribution in [0.4, 0.5) is 16.3 Å². The van der Waals surface area contributed by atoms with Gasteiger partial charge in [-0.2, -0.15) is 10.1 Å². The Morgan fingerprint density at radius 3 is 2.13 bits per heavy atom. The monoisotopic (exact) mass is 765 g/mol. The van der Waals surface area contributed by atoms with E-state index in [2.05, 4.69) is 21.7 Å². The van der Waals surface area contributed by atoms with Crippen molar-refractivity contribution in [2.75, 3.05) is 22.8 Å². The molecule has 3 heterocycles. The summed E-state index contributed by atoms with van der Waals surface area (Å²) in [7, 11) is -4.04. The van der Waals surface area contributed by atoms with Crippen LogP contribution in [0.25, 0.3) is 17.2 Å². The number of carbonyl (C=O) groups excluding carboxylic acids is 2. The number of unbranched alkanes of at least 4 members (excludes halogenated alkanes) is 9. The molecule has 2 aromatic heterocycles. The van der Waals surface area contributed by atoms with Crippen molar-refractivity contribution in [2.45, 2.75) is 96.4 Å². The number of hydrogen-bond donors (Lipinski definition) is 2. The van der Waals surface area contributed by atoms with Gasteiger partial charge < -0.3 is 14.6 Å². The topological polar surface area (TPSA) is 143 Å². The van der Waals surface area contributed by atoms with E-state index in [0.717, 1.165) is 41.1 Å². The van der Waals surface area contributed by atoms with Crippen LogP contribution in [0, 0.1) is 13.8 Å². The number of ether oxygens (including phenoxy) is 1. The summed E-state index contributed by atoms with van der Waals surface area (Å²) in [6.45, 7) is 6.53. The second kappa shape index (κ2) is 18.3. The summed E-state index contributed by atoms with van der Waals surface area (Å²) >= 11 is 0. The quantitative estimate of drug-likeness (QED) is 0.0595. The van der Waals surface area contributed by atoms with Gasteiger partial charge in [0.05, 0.1) is 28.6 Å². The molecule has 0 unspecified atom stereocenters. The number of imide groups is 1. The molecule has 1 aliphatic rings. The summed E-state index contributed by atoms with van der Waals surface area (Å²) in [6, 6.07) is 23.9. The minimum absolute atomic E-state index is 0.0279. The predicted molar refractivity (Wildman–Crippen MR) is 215 cm³/mol. The first-order valence-corrected chi connectivity index (χ1v) is 20.8. The van der Waals surface area contributed by atoms with E-state index in [1.165, 1.54) is 62.0 Å². The summed E-state index contributed by atoms with van der Waals surface area (Å²) in [5.41, 5.74) is 3.20. The van der Waals surface area contributed by atoms with Crippen molar-refractivity contribution in [3.63, 3.8) is 0 Å². The molecule has 13 heteroatoms. The number of aromatic nitrogens is 4. The summed E-state index contributed by atoms with van der Waals surface area (Å²) in [5.74, 6) is 0.325. The molecule has 290 valence electrons. The third-order valence-corrected chi connectivity index (χ3v) is 11.1. The van der Waals surface area contributed by atoms with Crippen LogP contribution >= 0.6 is 0 Å². The number of amides is 3. The van der Waals surface area contributed by atoms with E-state index in [4.69, 9.17) is 9.72 Å². The molecule has 55 heavy (non-hydrogen) atoms. The molecule has 3 amide bonds. The largest absolute Gasteiger partial charge is 0.494 e. The van der Waals surface area contributed by atoms with Crippen molar-refractivity contribution in [3.05, 3.63) is 102 Å². The molecule has 12 nitrogen and oxygen atoms in total. The Labute approximate surface area is 324 Å². The zero-order chi connectivity index (χ0) is 38.8. The van der Waals surface area contributed by atoms with Gasteiger partial charge in [0.2, 0.25) is 5.95 Å². The number of H-pyrrole nitrogens is 1. The lowest BCUT2D eigenvalue weighted by atomic mass is 10.1. The number of rotatable bonds is 20. The molecule has 0 radical (unpaired) electrons. The molecule has 1 fully saturated rings. The number of hydrogen-bond acceptors (Lipinski definition) is 7. The minimum atomic E-state index is -4.04. The van der Waals surface area contributed by atoms with Crippen LogP contribution in [0.1, 0.15) is 88.1 Å². The predicted octanol–water partition coefficient (Wildman–Crippen LogP) is 8.95. The average Bonchev–Trinajstić information content (AvgIpc) is 3.84. The number of nitrogens with one attached hydrogen (secondary N) is 2. The number of nitrogens with zero attached hydrogens (tertiary/aromatic N) is 5. The molecule has 0 saturated carbocycles. The second-order valence-corrected chi connectivity index (χ2v) is 15.8. The Morgan fingerprint density at radius 1 is 0.818 bits per heavy atom. The lowest BCUT2D eigenvalue weighted by molar-refractivity contribution is -0.116. The van der Waals surface area contributed by atoms with Crippen molar-refractivity contribution in [2.24, 2.45) is 0 Å². The van der Waals surface area contributed by atoms with Gasteiger partial charge in [-0.15, -0.1) is 0 Å². The summed E-state index contributed by atoms with van der Waals surface area (Å²) in [6.07, 6.45) is 12.0. The number of imidazole rings is 1. The van der Waals surface area contributed by atoms with E-state index >= 15 is 0 Å². The highest BCUT2D eigenvalue weighted by Crippen LogP contribution is 2.39. The molecule has 0 spiro atoms. The van der Waals surface area contributed by atoms with Gasteiger partial charge >= 0.3 is 6.03 Å². The summed E-state index contributed by atoms with van der Waals surface area (Å²) in [5, 5.41) is 4.58. The van der Waals surface area contributed by atoms with Crippen molar-refractivity contribution >= 4 is 33.5 Å². The Kier molecular flexibility index (Phi) is 13.0. The highest BCUT2D eigenvalue weighted by atomic mass is 32.2. The van der Waals surface area contributed by atoms with Crippen molar-refractivity contribution in [1.29, 1.82) is 0 Å². The number of benzene rings is 3. The van der Waals surface area contributed by atoms with Crippen molar-refractivity contribution < 1.29 is 22.7 Å². The zero-order valence-electron chi connectivity index (χ0n) is 32.0. The molecule has 6 rings (SSSR count). The first kappa shape index (κ1) is 39.3. The fourth-order valence-corrected chi connectivity index (χ4v) is 7.92. The number of carbonyl (C=O) groups is 2. The number of anilines is 2. The third kappa shape index (κ3) is 9.82. The molecule has 1 saturated heterocycles. The van der Waals surface area contributed by atoms with E-state index < -0.39 is 22.0 Å². The number of sulfonamides is 1. The number of aromatic amines is 1. The van der Waals surface area contributed by atoms with Gasteiger partial charge in [0, 0.05) is 17.8 Å². The number of urea groups is 1. The normalized spacial score (nSPS) is 13.2. The molecular weight excluding hydrogens is 715 g/mol. The van der Waals surface area contributed by atoms with Crippen molar-refractivity contribution in [1.82, 2.24) is 24.6 Å². The fourth-order valence-electron chi connectivity index (χ4n) is 6.82. The maximum Gasteiger partial charge on any atom is 0.333 e. The Hall–Kier alpha value is -5.43.